The quantitative estimate of drug-likeness (QED) is 0.493. The average molecular weight is 284 g/mol. The topological polar surface area (TPSA) is 15.8 Å². The maximum Gasteiger partial charge on any atom is 0.0477 e. The van der Waals surface area contributed by atoms with E-state index >= 15 is 0 Å². The molecule has 0 fully saturated rings. The van der Waals surface area contributed by atoms with Gasteiger partial charge in [0.1, 0.15) is 0 Å². The number of H-pyrrole nitrogens is 1. The molecule has 4 aromatic rings. The van der Waals surface area contributed by atoms with Crippen LogP contribution in [0.5, 0.6) is 0 Å². The zero-order valence-corrected chi connectivity index (χ0v) is 12.7. The first-order valence-electron chi connectivity index (χ1n) is 7.88. The van der Waals surface area contributed by atoms with Crippen LogP contribution in [0.1, 0.15) is 18.9 Å². The van der Waals surface area contributed by atoms with E-state index in [0.29, 0.717) is 0 Å². The van der Waals surface area contributed by atoms with Crippen molar-refractivity contribution in [3.05, 3.63) is 72.3 Å². The van der Waals surface area contributed by atoms with E-state index in [4.69, 9.17) is 0 Å². The molecule has 0 unspecified atom stereocenters. The first-order valence-corrected chi connectivity index (χ1v) is 7.88. The summed E-state index contributed by atoms with van der Waals surface area (Å²) in [5.74, 6) is 0. The Balaban J connectivity index is 2.15. The zero-order chi connectivity index (χ0) is 14.9. The summed E-state index contributed by atoms with van der Waals surface area (Å²) in [6.45, 7) is 2.22. The minimum absolute atomic E-state index is 1.06. The largest absolute Gasteiger partial charge is 0.354 e. The average Bonchev–Trinajstić information content (AvgIpc) is 2.94. The number of hydrogen-bond acceptors (Lipinski definition) is 0. The molecule has 1 N–H and O–H groups in total. The van der Waals surface area contributed by atoms with Crippen LogP contribution in [0.4, 0.5) is 0 Å². The number of fused-ring (bicyclic) bond motifs is 3. The maximum atomic E-state index is 3.53. The van der Waals surface area contributed by atoms with E-state index in [1.54, 1.807) is 0 Å². The van der Waals surface area contributed by atoms with Gasteiger partial charge in [-0.3, -0.25) is 0 Å². The summed E-state index contributed by atoms with van der Waals surface area (Å²) in [6, 6.07) is 24.8. The van der Waals surface area contributed by atoms with Crippen molar-refractivity contribution in [1.29, 1.82) is 0 Å². The summed E-state index contributed by atoms with van der Waals surface area (Å²) in [4.78, 5) is 3.53. The van der Waals surface area contributed by atoms with Gasteiger partial charge in [0.15, 0.2) is 0 Å². The molecule has 1 heteroatoms. The highest BCUT2D eigenvalue weighted by Crippen LogP contribution is 2.37. The molecule has 107 valence electrons. The highest BCUT2D eigenvalue weighted by Gasteiger charge is 2.14. The van der Waals surface area contributed by atoms with Gasteiger partial charge in [-0.05, 0) is 41.3 Å². The number of nitrogens with one attached hydrogen (secondary N) is 1. The van der Waals surface area contributed by atoms with Crippen LogP contribution in [-0.4, -0.2) is 4.98 Å². The second-order valence-electron chi connectivity index (χ2n) is 5.72. The van der Waals surface area contributed by atoms with E-state index in [-0.39, 0.29) is 0 Å². The number of aromatic amines is 1. The van der Waals surface area contributed by atoms with Crippen molar-refractivity contribution < 1.29 is 0 Å². The van der Waals surface area contributed by atoms with Crippen LogP contribution >= 0.6 is 0 Å². The molecule has 0 aliphatic rings. The van der Waals surface area contributed by atoms with E-state index in [1.807, 2.05) is 0 Å². The zero-order valence-electron chi connectivity index (χ0n) is 12.7. The summed E-state index contributed by atoms with van der Waals surface area (Å²) >= 11 is 0. The molecule has 0 spiro atoms. The van der Waals surface area contributed by atoms with Gasteiger partial charge in [0.05, 0.1) is 0 Å². The third-order valence-corrected chi connectivity index (χ3v) is 4.24. The van der Waals surface area contributed by atoms with Gasteiger partial charge in [0, 0.05) is 21.8 Å². The lowest BCUT2D eigenvalue weighted by atomic mass is 9.92. The van der Waals surface area contributed by atoms with Crippen LogP contribution in [0, 0.1) is 6.07 Å². The maximum absolute atomic E-state index is 3.53. The van der Waals surface area contributed by atoms with Gasteiger partial charge in [0.25, 0.3) is 0 Å². The molecule has 22 heavy (non-hydrogen) atoms. The molecule has 1 heterocycles. The monoisotopic (exact) mass is 284 g/mol. The van der Waals surface area contributed by atoms with E-state index in [2.05, 4.69) is 78.6 Å². The van der Waals surface area contributed by atoms with Crippen molar-refractivity contribution in [3.8, 4) is 11.1 Å². The minimum Gasteiger partial charge on any atom is -0.354 e. The highest BCUT2D eigenvalue weighted by atomic mass is 14.7. The molecule has 1 nitrogen and oxygen atoms in total. The van der Waals surface area contributed by atoms with Crippen LogP contribution in [0.15, 0.2) is 60.7 Å². The Bertz CT molecular complexity index is 932. The SMILES string of the molecule is CCCc1[c]cc2[nH]c3ccccc3c2c1-c1ccccc1. The molecule has 4 rings (SSSR count). The van der Waals surface area contributed by atoms with E-state index in [9.17, 15) is 0 Å². The lowest BCUT2D eigenvalue weighted by molar-refractivity contribution is 0.924. The molecule has 0 saturated carbocycles. The fourth-order valence-electron chi connectivity index (χ4n) is 3.29. The Morgan fingerprint density at radius 1 is 0.909 bits per heavy atom. The van der Waals surface area contributed by atoms with Crippen LogP contribution in [0.2, 0.25) is 0 Å². The Hall–Kier alpha value is -2.54. The summed E-state index contributed by atoms with van der Waals surface area (Å²) in [6.07, 6.45) is 2.18. The van der Waals surface area contributed by atoms with Gasteiger partial charge in [-0.1, -0.05) is 61.9 Å². The summed E-state index contributed by atoms with van der Waals surface area (Å²) in [5, 5.41) is 2.62. The normalized spacial score (nSPS) is 11.3. The number of aromatic nitrogens is 1. The van der Waals surface area contributed by atoms with Crippen molar-refractivity contribution in [2.45, 2.75) is 19.8 Å². The molecule has 1 radical (unpaired) electrons. The van der Waals surface area contributed by atoms with Crippen molar-refractivity contribution in [2.24, 2.45) is 0 Å². The first kappa shape index (κ1) is 13.1. The summed E-state index contributed by atoms with van der Waals surface area (Å²) < 4.78 is 0. The predicted octanol–water partition coefficient (Wildman–Crippen LogP) is 5.74. The molecular formula is C21H18N. The molecule has 0 amide bonds. The second-order valence-corrected chi connectivity index (χ2v) is 5.72. The van der Waals surface area contributed by atoms with Gasteiger partial charge in [-0.25, -0.2) is 0 Å². The fourth-order valence-corrected chi connectivity index (χ4v) is 3.29. The van der Waals surface area contributed by atoms with Crippen molar-refractivity contribution >= 4 is 21.8 Å². The molecule has 1 aromatic heterocycles. The molecule has 0 atom stereocenters. The van der Waals surface area contributed by atoms with Gasteiger partial charge < -0.3 is 4.98 Å². The van der Waals surface area contributed by atoms with Crippen LogP contribution in [0.3, 0.4) is 0 Å². The van der Waals surface area contributed by atoms with Crippen LogP contribution in [0.25, 0.3) is 32.9 Å². The molecule has 0 saturated heterocycles. The molecule has 0 aliphatic carbocycles. The Kier molecular flexibility index (Phi) is 3.19. The van der Waals surface area contributed by atoms with Crippen molar-refractivity contribution in [2.75, 3.05) is 0 Å². The number of hydrogen-bond donors (Lipinski definition) is 1. The lowest BCUT2D eigenvalue weighted by Gasteiger charge is -2.11. The number of para-hydroxylation sites is 1. The predicted molar refractivity (Wildman–Crippen MR) is 94.1 cm³/mol. The lowest BCUT2D eigenvalue weighted by Crippen LogP contribution is -1.91. The second kappa shape index (κ2) is 5.34. The van der Waals surface area contributed by atoms with Crippen LogP contribution < -0.4 is 0 Å². The molecule has 3 aromatic carbocycles. The number of benzene rings is 3. The molecular weight excluding hydrogens is 266 g/mol. The first-order chi connectivity index (χ1) is 10.9. The smallest absolute Gasteiger partial charge is 0.0477 e. The Morgan fingerprint density at radius 3 is 2.50 bits per heavy atom. The number of rotatable bonds is 3. The van der Waals surface area contributed by atoms with Gasteiger partial charge in [-0.2, -0.15) is 0 Å². The van der Waals surface area contributed by atoms with Gasteiger partial charge >= 0.3 is 0 Å². The molecule has 0 aliphatic heterocycles. The third kappa shape index (κ3) is 2.01. The van der Waals surface area contributed by atoms with Crippen LogP contribution in [-0.2, 0) is 6.42 Å². The van der Waals surface area contributed by atoms with Gasteiger partial charge in [0.2, 0.25) is 0 Å². The summed E-state index contributed by atoms with van der Waals surface area (Å²) in [7, 11) is 0. The highest BCUT2D eigenvalue weighted by molar-refractivity contribution is 6.14. The van der Waals surface area contributed by atoms with E-state index in [0.717, 1.165) is 12.8 Å². The Labute approximate surface area is 130 Å². The Morgan fingerprint density at radius 2 is 1.68 bits per heavy atom. The standard InChI is InChI=1S/C21H18N/c1-2-8-15-13-14-19-21(17-11-6-7-12-18(17)22-19)20(15)16-9-4-3-5-10-16/h3-7,9-12,14,22H,2,8H2,1H3. The molecule has 0 bridgehead atoms. The third-order valence-electron chi connectivity index (χ3n) is 4.24. The minimum atomic E-state index is 1.06. The van der Waals surface area contributed by atoms with Crippen molar-refractivity contribution in [3.63, 3.8) is 0 Å². The van der Waals surface area contributed by atoms with Gasteiger partial charge in [-0.15, -0.1) is 0 Å². The fraction of sp³-hybridized carbons (Fsp3) is 0.143. The van der Waals surface area contributed by atoms with E-state index < -0.39 is 0 Å². The van der Waals surface area contributed by atoms with E-state index in [1.165, 1.54) is 38.5 Å². The number of aryl methyl sites for hydroxylation is 1. The summed E-state index contributed by atoms with van der Waals surface area (Å²) in [5.41, 5.74) is 6.28. The van der Waals surface area contributed by atoms with Crippen molar-refractivity contribution in [1.82, 2.24) is 4.98 Å².